The molecular weight excluding hydrogens is 336 g/mol. The molecule has 0 amide bonds. The molecule has 0 fully saturated rings. The molecule has 0 saturated carbocycles. The Bertz CT molecular complexity index is 905. The lowest BCUT2D eigenvalue weighted by molar-refractivity contribution is 0.866. The SMILES string of the molecule is CCN(CC)c1ccc(Nc2cnnc(Nc3cccc(C)c3)n2)c(C)c1. The van der Waals surface area contributed by atoms with Crippen LogP contribution < -0.4 is 15.5 Å². The quantitative estimate of drug-likeness (QED) is 0.628. The van der Waals surface area contributed by atoms with E-state index in [1.165, 1.54) is 11.3 Å². The number of nitrogens with zero attached hydrogens (tertiary/aromatic N) is 4. The van der Waals surface area contributed by atoms with Crippen LogP contribution in [0.25, 0.3) is 0 Å². The number of hydrogen-bond acceptors (Lipinski definition) is 6. The Morgan fingerprint density at radius 3 is 2.48 bits per heavy atom. The molecule has 1 heterocycles. The highest BCUT2D eigenvalue weighted by Gasteiger charge is 2.07. The fourth-order valence-electron chi connectivity index (χ4n) is 2.98. The molecule has 1 aromatic heterocycles. The van der Waals surface area contributed by atoms with E-state index in [2.05, 4.69) is 69.7 Å². The normalized spacial score (nSPS) is 10.5. The topological polar surface area (TPSA) is 66.0 Å². The minimum atomic E-state index is 0.461. The number of rotatable bonds is 7. The molecule has 27 heavy (non-hydrogen) atoms. The summed E-state index contributed by atoms with van der Waals surface area (Å²) in [5, 5.41) is 14.7. The van der Waals surface area contributed by atoms with Gasteiger partial charge in [-0.25, -0.2) is 0 Å². The van der Waals surface area contributed by atoms with E-state index in [1.54, 1.807) is 6.20 Å². The van der Waals surface area contributed by atoms with E-state index in [9.17, 15) is 0 Å². The number of aromatic nitrogens is 3. The van der Waals surface area contributed by atoms with Gasteiger partial charge in [0.25, 0.3) is 0 Å². The molecule has 6 nitrogen and oxygen atoms in total. The lowest BCUT2D eigenvalue weighted by Crippen LogP contribution is -2.21. The molecular formula is C21H26N6. The first-order chi connectivity index (χ1) is 13.1. The van der Waals surface area contributed by atoms with Crippen LogP contribution in [0.15, 0.2) is 48.7 Å². The van der Waals surface area contributed by atoms with Crippen LogP contribution >= 0.6 is 0 Å². The van der Waals surface area contributed by atoms with Gasteiger partial charge in [0.1, 0.15) is 0 Å². The molecule has 0 atom stereocenters. The van der Waals surface area contributed by atoms with Gasteiger partial charge < -0.3 is 15.5 Å². The molecule has 0 radical (unpaired) electrons. The molecule has 0 spiro atoms. The summed E-state index contributed by atoms with van der Waals surface area (Å²) in [6.45, 7) is 10.5. The zero-order valence-corrected chi connectivity index (χ0v) is 16.3. The third-order valence-corrected chi connectivity index (χ3v) is 4.43. The third-order valence-electron chi connectivity index (χ3n) is 4.43. The average molecular weight is 362 g/mol. The van der Waals surface area contributed by atoms with Crippen LogP contribution in [-0.2, 0) is 0 Å². The fourth-order valence-corrected chi connectivity index (χ4v) is 2.98. The molecule has 2 N–H and O–H groups in total. The molecule has 0 aliphatic rings. The van der Waals surface area contributed by atoms with Crippen LogP contribution in [0.1, 0.15) is 25.0 Å². The van der Waals surface area contributed by atoms with Gasteiger partial charge in [0.2, 0.25) is 5.95 Å². The average Bonchev–Trinajstić information content (AvgIpc) is 2.65. The van der Waals surface area contributed by atoms with Gasteiger partial charge in [-0.1, -0.05) is 12.1 Å². The van der Waals surface area contributed by atoms with E-state index < -0.39 is 0 Å². The van der Waals surface area contributed by atoms with Crippen molar-refractivity contribution in [1.82, 2.24) is 15.2 Å². The maximum absolute atomic E-state index is 4.52. The zero-order valence-electron chi connectivity index (χ0n) is 16.3. The summed E-state index contributed by atoms with van der Waals surface area (Å²) in [7, 11) is 0. The second-order valence-electron chi connectivity index (χ2n) is 6.46. The van der Waals surface area contributed by atoms with Crippen molar-refractivity contribution in [2.24, 2.45) is 0 Å². The highest BCUT2D eigenvalue weighted by Crippen LogP contribution is 2.25. The first-order valence-electron chi connectivity index (χ1n) is 9.25. The van der Waals surface area contributed by atoms with Gasteiger partial charge >= 0.3 is 0 Å². The Kier molecular flexibility index (Phi) is 5.86. The lowest BCUT2D eigenvalue weighted by atomic mass is 10.1. The molecule has 140 valence electrons. The van der Waals surface area contributed by atoms with Crippen LogP contribution in [0.4, 0.5) is 28.8 Å². The largest absolute Gasteiger partial charge is 0.372 e. The van der Waals surface area contributed by atoms with Crippen LogP contribution in [0.3, 0.4) is 0 Å². The van der Waals surface area contributed by atoms with Gasteiger partial charge in [-0.2, -0.15) is 10.1 Å². The number of anilines is 5. The van der Waals surface area contributed by atoms with Crippen molar-refractivity contribution < 1.29 is 0 Å². The second kappa shape index (κ2) is 8.49. The number of benzene rings is 2. The van der Waals surface area contributed by atoms with Gasteiger partial charge in [0, 0.05) is 30.2 Å². The number of nitrogens with one attached hydrogen (secondary N) is 2. The first kappa shape index (κ1) is 18.6. The Balaban J connectivity index is 1.76. The predicted octanol–water partition coefficient (Wildman–Crippen LogP) is 4.82. The van der Waals surface area contributed by atoms with Crippen LogP contribution in [0, 0.1) is 13.8 Å². The highest BCUT2D eigenvalue weighted by molar-refractivity contribution is 5.65. The van der Waals surface area contributed by atoms with Crippen molar-refractivity contribution in [2.75, 3.05) is 28.6 Å². The van der Waals surface area contributed by atoms with Crippen molar-refractivity contribution in [1.29, 1.82) is 0 Å². The summed E-state index contributed by atoms with van der Waals surface area (Å²) in [5.41, 5.74) is 5.50. The number of hydrogen-bond donors (Lipinski definition) is 2. The van der Waals surface area contributed by atoms with E-state index in [0.717, 1.165) is 30.0 Å². The Morgan fingerprint density at radius 2 is 1.78 bits per heavy atom. The van der Waals surface area contributed by atoms with E-state index in [0.29, 0.717) is 11.8 Å². The van der Waals surface area contributed by atoms with Gasteiger partial charge in [-0.05, 0) is 69.2 Å². The summed E-state index contributed by atoms with van der Waals surface area (Å²) in [4.78, 5) is 6.84. The Labute approximate surface area is 160 Å². The van der Waals surface area contributed by atoms with Gasteiger partial charge in [-0.15, -0.1) is 5.10 Å². The molecule has 2 aromatic carbocycles. The van der Waals surface area contributed by atoms with Crippen molar-refractivity contribution in [3.05, 3.63) is 59.8 Å². The first-order valence-corrected chi connectivity index (χ1v) is 9.25. The maximum Gasteiger partial charge on any atom is 0.249 e. The standard InChI is InChI=1S/C21H26N6/c1-5-27(6-2)18-10-11-19(16(4)13-18)24-20-14-22-26-21(25-20)23-17-9-7-8-15(3)12-17/h7-14H,5-6H2,1-4H3,(H2,23,24,25,26). The predicted molar refractivity (Wildman–Crippen MR) is 112 cm³/mol. The molecule has 3 rings (SSSR count). The minimum Gasteiger partial charge on any atom is -0.372 e. The van der Waals surface area contributed by atoms with Crippen molar-refractivity contribution in [2.45, 2.75) is 27.7 Å². The fraction of sp³-hybridized carbons (Fsp3) is 0.286. The Hall–Kier alpha value is -3.15. The van der Waals surface area contributed by atoms with Crippen molar-refractivity contribution in [3.63, 3.8) is 0 Å². The smallest absolute Gasteiger partial charge is 0.249 e. The second-order valence-corrected chi connectivity index (χ2v) is 6.46. The van der Waals surface area contributed by atoms with Gasteiger partial charge in [-0.3, -0.25) is 0 Å². The van der Waals surface area contributed by atoms with E-state index >= 15 is 0 Å². The summed E-state index contributed by atoms with van der Waals surface area (Å²) >= 11 is 0. The number of aryl methyl sites for hydroxylation is 2. The molecule has 0 aliphatic heterocycles. The van der Waals surface area contributed by atoms with E-state index in [-0.39, 0.29) is 0 Å². The molecule has 3 aromatic rings. The van der Waals surface area contributed by atoms with Gasteiger partial charge in [0.05, 0.1) is 6.20 Å². The Morgan fingerprint density at radius 1 is 0.963 bits per heavy atom. The van der Waals surface area contributed by atoms with Gasteiger partial charge in [0.15, 0.2) is 5.82 Å². The molecule has 0 aliphatic carbocycles. The molecule has 0 bridgehead atoms. The molecule has 0 saturated heterocycles. The van der Waals surface area contributed by atoms with E-state index in [4.69, 9.17) is 0 Å². The molecule has 6 heteroatoms. The summed E-state index contributed by atoms with van der Waals surface area (Å²) in [6.07, 6.45) is 1.62. The van der Waals surface area contributed by atoms with Crippen LogP contribution in [0.2, 0.25) is 0 Å². The summed E-state index contributed by atoms with van der Waals surface area (Å²) < 4.78 is 0. The highest BCUT2D eigenvalue weighted by atomic mass is 15.3. The zero-order chi connectivity index (χ0) is 19.2. The summed E-state index contributed by atoms with van der Waals surface area (Å²) in [6, 6.07) is 14.5. The summed E-state index contributed by atoms with van der Waals surface area (Å²) in [5.74, 6) is 1.11. The lowest BCUT2D eigenvalue weighted by Gasteiger charge is -2.22. The van der Waals surface area contributed by atoms with Crippen LogP contribution in [0.5, 0.6) is 0 Å². The third kappa shape index (κ3) is 4.73. The monoisotopic (exact) mass is 362 g/mol. The minimum absolute atomic E-state index is 0.461. The van der Waals surface area contributed by atoms with Crippen LogP contribution in [-0.4, -0.2) is 28.3 Å². The maximum atomic E-state index is 4.52. The van der Waals surface area contributed by atoms with Crippen molar-refractivity contribution in [3.8, 4) is 0 Å². The molecule has 0 unspecified atom stereocenters. The van der Waals surface area contributed by atoms with Crippen molar-refractivity contribution >= 4 is 28.8 Å². The van der Waals surface area contributed by atoms with E-state index in [1.807, 2.05) is 31.2 Å².